The van der Waals surface area contributed by atoms with Gasteiger partial charge in [-0.3, -0.25) is 0 Å². The zero-order valence-corrected chi connectivity index (χ0v) is 10.3. The van der Waals surface area contributed by atoms with E-state index in [1.165, 1.54) is 43.2 Å². The Morgan fingerprint density at radius 2 is 1.88 bits per heavy atom. The zero-order valence-electron chi connectivity index (χ0n) is 10.3. The normalized spacial score (nSPS) is 19.6. The lowest BCUT2D eigenvalue weighted by Crippen LogP contribution is -2.24. The van der Waals surface area contributed by atoms with Gasteiger partial charge in [0.25, 0.3) is 0 Å². The van der Waals surface area contributed by atoms with Crippen molar-refractivity contribution in [2.24, 2.45) is 11.7 Å². The molecular weight excluding hydrogens is 194 g/mol. The Kier molecular flexibility index (Phi) is 4.00. The Morgan fingerprint density at radius 3 is 2.50 bits per heavy atom. The predicted octanol–water partition coefficient (Wildman–Crippen LogP) is 3.62. The highest BCUT2D eigenvalue weighted by atomic mass is 14.6. The fourth-order valence-corrected chi connectivity index (χ4v) is 3.11. The highest BCUT2D eigenvalue weighted by Crippen LogP contribution is 2.36. The van der Waals surface area contributed by atoms with Crippen molar-refractivity contribution < 1.29 is 0 Å². The van der Waals surface area contributed by atoms with Gasteiger partial charge in [0.05, 0.1) is 0 Å². The molecule has 88 valence electrons. The van der Waals surface area contributed by atoms with E-state index in [2.05, 4.69) is 31.2 Å². The van der Waals surface area contributed by atoms with Gasteiger partial charge < -0.3 is 5.73 Å². The van der Waals surface area contributed by atoms with E-state index < -0.39 is 0 Å². The molecule has 0 saturated heterocycles. The smallest absolute Gasteiger partial charge is 0.000546 e. The molecule has 2 rings (SSSR count). The quantitative estimate of drug-likeness (QED) is 0.822. The molecular formula is C15H23N. The largest absolute Gasteiger partial charge is 0.330 e. The third-order valence-electron chi connectivity index (χ3n) is 4.06. The maximum atomic E-state index is 6.00. The first kappa shape index (κ1) is 11.7. The highest BCUT2D eigenvalue weighted by Gasteiger charge is 2.24. The molecule has 1 aromatic rings. The maximum absolute atomic E-state index is 6.00. The van der Waals surface area contributed by atoms with Gasteiger partial charge in [-0.1, -0.05) is 43.5 Å². The van der Waals surface area contributed by atoms with Gasteiger partial charge in [0.2, 0.25) is 0 Å². The van der Waals surface area contributed by atoms with Gasteiger partial charge in [-0.05, 0) is 49.3 Å². The monoisotopic (exact) mass is 217 g/mol. The molecule has 0 aliphatic heterocycles. The second-order valence-electron chi connectivity index (χ2n) is 5.10. The Labute approximate surface area is 99.0 Å². The Morgan fingerprint density at radius 1 is 1.19 bits per heavy atom. The lowest BCUT2D eigenvalue weighted by molar-refractivity contribution is 0.307. The molecule has 2 N–H and O–H groups in total. The van der Waals surface area contributed by atoms with Crippen LogP contribution in [0.3, 0.4) is 0 Å². The summed E-state index contributed by atoms with van der Waals surface area (Å²) in [7, 11) is 0. The number of rotatable bonds is 3. The van der Waals surface area contributed by atoms with Crippen LogP contribution < -0.4 is 5.73 Å². The summed E-state index contributed by atoms with van der Waals surface area (Å²) in [4.78, 5) is 0. The summed E-state index contributed by atoms with van der Waals surface area (Å²) < 4.78 is 0. The van der Waals surface area contributed by atoms with E-state index in [1.54, 1.807) is 0 Å². The van der Waals surface area contributed by atoms with E-state index in [9.17, 15) is 0 Å². The number of aryl methyl sites for hydroxylation is 1. The number of benzene rings is 1. The van der Waals surface area contributed by atoms with E-state index in [1.807, 2.05) is 0 Å². The van der Waals surface area contributed by atoms with Crippen LogP contribution >= 0.6 is 0 Å². The first-order chi connectivity index (χ1) is 7.83. The van der Waals surface area contributed by atoms with Crippen LogP contribution in [-0.2, 0) is 0 Å². The molecule has 0 aromatic heterocycles. The van der Waals surface area contributed by atoms with Crippen LogP contribution in [-0.4, -0.2) is 6.54 Å². The molecule has 1 unspecified atom stereocenters. The van der Waals surface area contributed by atoms with Gasteiger partial charge in [0.15, 0.2) is 0 Å². The summed E-state index contributed by atoms with van der Waals surface area (Å²) in [6.07, 6.45) is 6.95. The van der Waals surface area contributed by atoms with Crippen molar-refractivity contribution in [2.45, 2.75) is 44.9 Å². The molecule has 0 spiro atoms. The van der Waals surface area contributed by atoms with Crippen molar-refractivity contribution in [2.75, 3.05) is 6.54 Å². The van der Waals surface area contributed by atoms with E-state index in [4.69, 9.17) is 5.73 Å². The van der Waals surface area contributed by atoms with E-state index >= 15 is 0 Å². The van der Waals surface area contributed by atoms with E-state index in [-0.39, 0.29) is 0 Å². The standard InChI is InChI=1S/C15H23N/c1-12-7-5-6-10-14(12)15(11-16)13-8-3-2-4-9-13/h5-7,10,13,15H,2-4,8-9,11,16H2,1H3. The highest BCUT2D eigenvalue weighted by molar-refractivity contribution is 5.30. The second-order valence-corrected chi connectivity index (χ2v) is 5.10. The molecule has 0 amide bonds. The molecule has 0 radical (unpaired) electrons. The van der Waals surface area contributed by atoms with Crippen LogP contribution in [0.25, 0.3) is 0 Å². The molecule has 1 fully saturated rings. The maximum Gasteiger partial charge on any atom is -0.000546 e. The average molecular weight is 217 g/mol. The minimum Gasteiger partial charge on any atom is -0.330 e. The molecule has 0 bridgehead atoms. The average Bonchev–Trinajstić information content (AvgIpc) is 2.34. The number of hydrogen-bond acceptors (Lipinski definition) is 1. The first-order valence-corrected chi connectivity index (χ1v) is 6.58. The molecule has 1 aliphatic carbocycles. The topological polar surface area (TPSA) is 26.0 Å². The third-order valence-corrected chi connectivity index (χ3v) is 4.06. The van der Waals surface area contributed by atoms with Crippen molar-refractivity contribution in [1.29, 1.82) is 0 Å². The minimum atomic E-state index is 0.585. The lowest BCUT2D eigenvalue weighted by atomic mass is 9.76. The zero-order chi connectivity index (χ0) is 11.4. The van der Waals surface area contributed by atoms with Crippen molar-refractivity contribution >= 4 is 0 Å². The van der Waals surface area contributed by atoms with Crippen LogP contribution in [0.2, 0.25) is 0 Å². The van der Waals surface area contributed by atoms with Gasteiger partial charge in [-0.25, -0.2) is 0 Å². The molecule has 1 saturated carbocycles. The van der Waals surface area contributed by atoms with Crippen molar-refractivity contribution in [3.63, 3.8) is 0 Å². The Balaban J connectivity index is 2.18. The summed E-state index contributed by atoms with van der Waals surface area (Å²) in [5.74, 6) is 1.40. The molecule has 1 aromatic carbocycles. The predicted molar refractivity (Wildman–Crippen MR) is 69.5 cm³/mol. The fraction of sp³-hybridized carbons (Fsp3) is 0.600. The van der Waals surface area contributed by atoms with Crippen molar-refractivity contribution in [3.05, 3.63) is 35.4 Å². The van der Waals surface area contributed by atoms with Crippen LogP contribution in [0.5, 0.6) is 0 Å². The van der Waals surface area contributed by atoms with Gasteiger partial charge in [-0.15, -0.1) is 0 Å². The van der Waals surface area contributed by atoms with Crippen LogP contribution in [0.1, 0.15) is 49.1 Å². The van der Waals surface area contributed by atoms with E-state index in [0.29, 0.717) is 5.92 Å². The lowest BCUT2D eigenvalue weighted by Gasteiger charge is -2.30. The van der Waals surface area contributed by atoms with Crippen molar-refractivity contribution in [1.82, 2.24) is 0 Å². The van der Waals surface area contributed by atoms with E-state index in [0.717, 1.165) is 12.5 Å². The molecule has 1 atom stereocenters. The first-order valence-electron chi connectivity index (χ1n) is 6.58. The van der Waals surface area contributed by atoms with Crippen molar-refractivity contribution in [3.8, 4) is 0 Å². The number of nitrogens with two attached hydrogens (primary N) is 1. The summed E-state index contributed by atoms with van der Waals surface area (Å²) >= 11 is 0. The fourth-order valence-electron chi connectivity index (χ4n) is 3.11. The molecule has 1 aliphatic rings. The number of hydrogen-bond donors (Lipinski definition) is 1. The summed E-state index contributed by atoms with van der Waals surface area (Å²) in [5.41, 5.74) is 8.89. The molecule has 1 heteroatoms. The van der Waals surface area contributed by atoms with Gasteiger partial charge in [0, 0.05) is 0 Å². The van der Waals surface area contributed by atoms with Gasteiger partial charge in [-0.2, -0.15) is 0 Å². The molecule has 0 heterocycles. The summed E-state index contributed by atoms with van der Waals surface area (Å²) in [5, 5.41) is 0. The second kappa shape index (κ2) is 5.49. The minimum absolute atomic E-state index is 0.585. The Hall–Kier alpha value is -0.820. The van der Waals surface area contributed by atoms with Crippen LogP contribution in [0, 0.1) is 12.8 Å². The third kappa shape index (κ3) is 2.46. The van der Waals surface area contributed by atoms with Gasteiger partial charge in [0.1, 0.15) is 0 Å². The van der Waals surface area contributed by atoms with Crippen LogP contribution in [0.4, 0.5) is 0 Å². The molecule has 16 heavy (non-hydrogen) atoms. The van der Waals surface area contributed by atoms with Gasteiger partial charge >= 0.3 is 0 Å². The molecule has 1 nitrogen and oxygen atoms in total. The summed E-state index contributed by atoms with van der Waals surface area (Å²) in [6, 6.07) is 8.74. The Bertz CT molecular complexity index is 326. The van der Waals surface area contributed by atoms with Crippen LogP contribution in [0.15, 0.2) is 24.3 Å². The summed E-state index contributed by atoms with van der Waals surface area (Å²) in [6.45, 7) is 3.01. The SMILES string of the molecule is Cc1ccccc1C(CN)C1CCCCC1.